The van der Waals surface area contributed by atoms with Crippen molar-refractivity contribution >= 4 is 18.3 Å². The van der Waals surface area contributed by atoms with Crippen LogP contribution in [-0.2, 0) is 11.3 Å². The van der Waals surface area contributed by atoms with Gasteiger partial charge in [-0.05, 0) is 37.3 Å². The van der Waals surface area contributed by atoms with Gasteiger partial charge in [-0.3, -0.25) is 4.79 Å². The molecule has 1 saturated heterocycles. The molecule has 1 amide bonds. The second-order valence-electron chi connectivity index (χ2n) is 7.36. The van der Waals surface area contributed by atoms with Crippen molar-refractivity contribution in [3.8, 4) is 0 Å². The van der Waals surface area contributed by atoms with Crippen LogP contribution < -0.4 is 5.73 Å². The number of hydrogen-bond donors (Lipinski definition) is 1. The van der Waals surface area contributed by atoms with Crippen molar-refractivity contribution in [3.63, 3.8) is 0 Å². The van der Waals surface area contributed by atoms with E-state index in [0.29, 0.717) is 5.92 Å². The summed E-state index contributed by atoms with van der Waals surface area (Å²) in [6.45, 7) is 7.94. The van der Waals surface area contributed by atoms with Crippen LogP contribution in [0.1, 0.15) is 38.7 Å². The van der Waals surface area contributed by atoms with E-state index < -0.39 is 0 Å². The zero-order chi connectivity index (χ0) is 17.5. The lowest BCUT2D eigenvalue weighted by Crippen LogP contribution is -2.50. The van der Waals surface area contributed by atoms with E-state index in [2.05, 4.69) is 56.1 Å². The zero-order valence-electron chi connectivity index (χ0n) is 15.9. The van der Waals surface area contributed by atoms with Gasteiger partial charge >= 0.3 is 0 Å². The Labute approximate surface area is 159 Å². The number of amides is 1. The summed E-state index contributed by atoms with van der Waals surface area (Å²) >= 11 is 0. The van der Waals surface area contributed by atoms with Crippen LogP contribution in [0.2, 0.25) is 0 Å². The largest absolute Gasteiger partial charge is 0.341 e. The van der Waals surface area contributed by atoms with E-state index in [9.17, 15) is 4.79 Å². The molecule has 0 saturated carbocycles. The molecule has 142 valence electrons. The van der Waals surface area contributed by atoms with Crippen molar-refractivity contribution in [2.45, 2.75) is 45.7 Å². The number of likely N-dealkylation sites (tertiary alicyclic amines) is 1. The predicted molar refractivity (Wildman–Crippen MR) is 107 cm³/mol. The third kappa shape index (κ3) is 6.61. The molecule has 1 aliphatic rings. The van der Waals surface area contributed by atoms with Crippen LogP contribution in [0.5, 0.6) is 0 Å². The van der Waals surface area contributed by atoms with Crippen molar-refractivity contribution in [2.24, 2.45) is 17.6 Å². The molecular formula is C20H34ClN3O. The molecule has 1 aromatic carbocycles. The van der Waals surface area contributed by atoms with E-state index >= 15 is 0 Å². The lowest BCUT2D eigenvalue weighted by Gasteiger charge is -2.36. The summed E-state index contributed by atoms with van der Waals surface area (Å²) in [4.78, 5) is 16.8. The summed E-state index contributed by atoms with van der Waals surface area (Å²) < 4.78 is 0. The smallest absolute Gasteiger partial charge is 0.239 e. The van der Waals surface area contributed by atoms with Crippen molar-refractivity contribution < 1.29 is 4.79 Å². The highest BCUT2D eigenvalue weighted by atomic mass is 35.5. The Bertz CT molecular complexity index is 503. The van der Waals surface area contributed by atoms with Gasteiger partial charge in [0.15, 0.2) is 0 Å². The fourth-order valence-electron chi connectivity index (χ4n) is 3.44. The minimum Gasteiger partial charge on any atom is -0.341 e. The van der Waals surface area contributed by atoms with Gasteiger partial charge in [0.2, 0.25) is 5.91 Å². The van der Waals surface area contributed by atoms with E-state index in [0.717, 1.165) is 45.4 Å². The Kier molecular flexibility index (Phi) is 9.47. The molecule has 0 spiro atoms. The number of hydrogen-bond acceptors (Lipinski definition) is 3. The number of carbonyl (C=O) groups is 1. The Hall–Kier alpha value is -1.10. The van der Waals surface area contributed by atoms with Gasteiger partial charge in [-0.1, -0.05) is 50.6 Å². The minimum absolute atomic E-state index is 0. The number of halogens is 1. The first kappa shape index (κ1) is 21.9. The van der Waals surface area contributed by atoms with Crippen molar-refractivity contribution in [1.29, 1.82) is 0 Å². The second kappa shape index (κ2) is 10.8. The first-order valence-electron chi connectivity index (χ1n) is 9.28. The molecule has 2 atom stereocenters. The molecule has 0 aromatic heterocycles. The van der Waals surface area contributed by atoms with Gasteiger partial charge in [0, 0.05) is 26.2 Å². The van der Waals surface area contributed by atoms with Crippen LogP contribution in [-0.4, -0.2) is 48.4 Å². The molecule has 25 heavy (non-hydrogen) atoms. The maximum atomic E-state index is 12.5. The summed E-state index contributed by atoms with van der Waals surface area (Å²) in [5.74, 6) is 1.07. The van der Waals surface area contributed by atoms with Crippen LogP contribution in [0.15, 0.2) is 30.3 Å². The number of piperidine rings is 1. The molecule has 2 rings (SSSR count). The van der Waals surface area contributed by atoms with E-state index in [1.165, 1.54) is 5.56 Å². The fraction of sp³-hybridized carbons (Fsp3) is 0.650. The van der Waals surface area contributed by atoms with Gasteiger partial charge in [-0.2, -0.15) is 0 Å². The molecule has 5 heteroatoms. The highest BCUT2D eigenvalue weighted by molar-refractivity contribution is 5.85. The highest BCUT2D eigenvalue weighted by Crippen LogP contribution is 2.20. The molecule has 4 nitrogen and oxygen atoms in total. The molecule has 0 bridgehead atoms. The maximum Gasteiger partial charge on any atom is 0.239 e. The van der Waals surface area contributed by atoms with Gasteiger partial charge in [0.25, 0.3) is 0 Å². The average molecular weight is 368 g/mol. The summed E-state index contributed by atoms with van der Waals surface area (Å²) in [6.07, 6.45) is 3.11. The van der Waals surface area contributed by atoms with Crippen LogP contribution in [0.4, 0.5) is 0 Å². The normalized spacial score (nSPS) is 17.9. The van der Waals surface area contributed by atoms with Crippen molar-refractivity contribution in [3.05, 3.63) is 35.9 Å². The molecule has 1 aromatic rings. The van der Waals surface area contributed by atoms with Crippen molar-refractivity contribution in [2.75, 3.05) is 26.7 Å². The average Bonchev–Trinajstić information content (AvgIpc) is 2.61. The Morgan fingerprint density at radius 2 is 1.88 bits per heavy atom. The molecule has 1 aliphatic heterocycles. The molecule has 2 unspecified atom stereocenters. The number of nitrogens with zero attached hydrogens (tertiary/aromatic N) is 2. The summed E-state index contributed by atoms with van der Waals surface area (Å²) in [5, 5.41) is 0. The third-order valence-corrected chi connectivity index (χ3v) is 5.33. The van der Waals surface area contributed by atoms with E-state index in [1.807, 2.05) is 4.90 Å². The summed E-state index contributed by atoms with van der Waals surface area (Å²) in [7, 11) is 2.18. The highest BCUT2D eigenvalue weighted by Gasteiger charge is 2.28. The molecular weight excluding hydrogens is 334 g/mol. The minimum atomic E-state index is -0.340. The van der Waals surface area contributed by atoms with Gasteiger partial charge in [-0.15, -0.1) is 12.4 Å². The van der Waals surface area contributed by atoms with Crippen LogP contribution in [0, 0.1) is 11.8 Å². The number of nitrogens with two attached hydrogens (primary N) is 1. The number of carbonyl (C=O) groups excluding carboxylic acids is 1. The lowest BCUT2D eigenvalue weighted by atomic mass is 9.93. The standard InChI is InChI=1S/C20H33N3O.ClH/c1-4-16(2)19(21)20(24)23-12-10-18(11-13-23)15-22(3)14-17-8-6-5-7-9-17;/h5-9,16,18-19H,4,10-15,21H2,1-3H3;1H. The summed E-state index contributed by atoms with van der Waals surface area (Å²) in [5.41, 5.74) is 7.46. The number of benzene rings is 1. The van der Waals surface area contributed by atoms with Crippen LogP contribution in [0.25, 0.3) is 0 Å². The first-order valence-corrected chi connectivity index (χ1v) is 9.28. The van der Waals surface area contributed by atoms with E-state index in [-0.39, 0.29) is 30.3 Å². The van der Waals surface area contributed by atoms with E-state index in [4.69, 9.17) is 5.73 Å². The second-order valence-corrected chi connectivity index (χ2v) is 7.36. The van der Waals surface area contributed by atoms with E-state index in [1.54, 1.807) is 0 Å². The molecule has 1 heterocycles. The lowest BCUT2D eigenvalue weighted by molar-refractivity contribution is -0.135. The van der Waals surface area contributed by atoms with Crippen LogP contribution >= 0.6 is 12.4 Å². The van der Waals surface area contributed by atoms with Gasteiger partial charge < -0.3 is 15.5 Å². The quantitative estimate of drug-likeness (QED) is 0.805. The monoisotopic (exact) mass is 367 g/mol. The Morgan fingerprint density at radius 3 is 2.44 bits per heavy atom. The predicted octanol–water partition coefficient (Wildman–Crippen LogP) is 3.15. The fourth-order valence-corrected chi connectivity index (χ4v) is 3.44. The molecule has 0 radical (unpaired) electrons. The molecule has 2 N–H and O–H groups in total. The first-order chi connectivity index (χ1) is 11.5. The molecule has 0 aliphatic carbocycles. The summed E-state index contributed by atoms with van der Waals surface area (Å²) in [6, 6.07) is 10.2. The Morgan fingerprint density at radius 1 is 1.28 bits per heavy atom. The van der Waals surface area contributed by atoms with Gasteiger partial charge in [0.05, 0.1) is 6.04 Å². The number of rotatable bonds is 7. The maximum absolute atomic E-state index is 12.5. The van der Waals surface area contributed by atoms with Crippen molar-refractivity contribution in [1.82, 2.24) is 9.80 Å². The zero-order valence-corrected chi connectivity index (χ0v) is 16.7. The topological polar surface area (TPSA) is 49.6 Å². The Balaban J connectivity index is 0.00000312. The van der Waals surface area contributed by atoms with Gasteiger partial charge in [0.1, 0.15) is 0 Å². The SMILES string of the molecule is CCC(C)C(N)C(=O)N1CCC(CN(C)Cc2ccccc2)CC1.Cl. The van der Waals surface area contributed by atoms with Gasteiger partial charge in [-0.25, -0.2) is 0 Å². The molecule has 1 fully saturated rings. The van der Waals surface area contributed by atoms with Crippen LogP contribution in [0.3, 0.4) is 0 Å². The third-order valence-electron chi connectivity index (χ3n) is 5.33.